The zero-order valence-corrected chi connectivity index (χ0v) is 9.63. The minimum absolute atomic E-state index is 0.257. The fourth-order valence-corrected chi connectivity index (χ4v) is 1.49. The van der Waals surface area contributed by atoms with Crippen molar-refractivity contribution in [3.05, 3.63) is 27.6 Å². The molecule has 15 heavy (non-hydrogen) atoms. The zero-order valence-electron chi connectivity index (χ0n) is 7.47. The van der Waals surface area contributed by atoms with E-state index in [1.165, 1.54) is 18.2 Å². The third kappa shape index (κ3) is 3.70. The van der Waals surface area contributed by atoms with Crippen molar-refractivity contribution in [3.63, 3.8) is 0 Å². The number of carbonyl (C=O) groups is 1. The Bertz CT molecular complexity index is 410. The minimum atomic E-state index is -0.829. The number of carbonyl (C=O) groups excluding carboxylic acids is 1. The number of amides is 2. The number of benzene rings is 1. The molecule has 0 unspecified atom stereocenters. The van der Waals surface area contributed by atoms with E-state index in [0.29, 0.717) is 9.26 Å². The normalized spacial score (nSPS) is 9.47. The molecule has 0 saturated heterocycles. The third-order valence-electron chi connectivity index (χ3n) is 1.44. The maximum atomic E-state index is 12.7. The predicted octanol–water partition coefficient (Wildman–Crippen LogP) is 1.45. The number of guanidine groups is 1. The molecular formula is C8H8FIN4O. The van der Waals surface area contributed by atoms with E-state index < -0.39 is 6.03 Å². The Hall–Kier alpha value is -1.38. The summed E-state index contributed by atoms with van der Waals surface area (Å²) in [5, 5.41) is 11.9. The lowest BCUT2D eigenvalue weighted by atomic mass is 10.3. The zero-order chi connectivity index (χ0) is 11.4. The third-order valence-corrected chi connectivity index (χ3v) is 2.33. The summed E-state index contributed by atoms with van der Waals surface area (Å²) in [5.74, 6) is -0.619. The van der Waals surface area contributed by atoms with Crippen molar-refractivity contribution >= 4 is 40.3 Å². The van der Waals surface area contributed by atoms with Gasteiger partial charge >= 0.3 is 6.03 Å². The molecule has 0 atom stereocenters. The first-order valence-electron chi connectivity index (χ1n) is 3.86. The molecule has 80 valence electrons. The highest BCUT2D eigenvalue weighted by Gasteiger charge is 2.04. The molecule has 5 nitrogen and oxygen atoms in total. The lowest BCUT2D eigenvalue weighted by Gasteiger charge is -2.09. The largest absolute Gasteiger partial charge is 0.351 e. The van der Waals surface area contributed by atoms with Crippen molar-refractivity contribution < 1.29 is 9.18 Å². The van der Waals surface area contributed by atoms with E-state index in [-0.39, 0.29) is 11.8 Å². The minimum Gasteiger partial charge on any atom is -0.351 e. The van der Waals surface area contributed by atoms with Gasteiger partial charge in [0.25, 0.3) is 0 Å². The smallest absolute Gasteiger partial charge is 0.318 e. The van der Waals surface area contributed by atoms with Gasteiger partial charge in [0.2, 0.25) is 5.96 Å². The molecule has 0 aromatic heterocycles. The van der Waals surface area contributed by atoms with Crippen LogP contribution in [0, 0.1) is 14.8 Å². The first kappa shape index (κ1) is 11.7. The summed E-state index contributed by atoms with van der Waals surface area (Å²) in [7, 11) is 0. The molecule has 0 fully saturated rings. The van der Waals surface area contributed by atoms with Gasteiger partial charge in [0.15, 0.2) is 0 Å². The molecule has 2 amide bonds. The molecule has 0 heterocycles. The van der Waals surface area contributed by atoms with Gasteiger partial charge in [-0.05, 0) is 40.8 Å². The first-order chi connectivity index (χ1) is 6.99. The van der Waals surface area contributed by atoms with E-state index in [1.54, 1.807) is 0 Å². The standard InChI is InChI=1S/C8H8FIN4O/c9-4-1-2-6(5(10)3-4)13-7(11)14-8(12)15/h1-3H,(H5,11,12,13,14,15). The van der Waals surface area contributed by atoms with Crippen molar-refractivity contribution in [1.82, 2.24) is 5.32 Å². The van der Waals surface area contributed by atoms with Gasteiger partial charge in [-0.25, -0.2) is 9.18 Å². The fourth-order valence-electron chi connectivity index (χ4n) is 0.880. The average molecular weight is 322 g/mol. The molecule has 0 aliphatic rings. The van der Waals surface area contributed by atoms with E-state index in [9.17, 15) is 9.18 Å². The highest BCUT2D eigenvalue weighted by Crippen LogP contribution is 2.18. The van der Waals surface area contributed by atoms with Crippen molar-refractivity contribution in [2.24, 2.45) is 5.73 Å². The summed E-state index contributed by atoms with van der Waals surface area (Å²) in [6, 6.07) is 3.20. The summed E-state index contributed by atoms with van der Waals surface area (Å²) in [6.07, 6.45) is 0. The Labute approximate surface area is 98.9 Å². The molecule has 0 aliphatic carbocycles. The number of nitrogens with two attached hydrogens (primary N) is 1. The molecule has 1 aromatic carbocycles. The number of halogens is 2. The summed E-state index contributed by atoms with van der Waals surface area (Å²) in [6.45, 7) is 0. The maximum Gasteiger partial charge on any atom is 0.318 e. The van der Waals surface area contributed by atoms with Gasteiger partial charge in [0, 0.05) is 3.57 Å². The molecule has 0 radical (unpaired) electrons. The summed E-state index contributed by atoms with van der Waals surface area (Å²) >= 11 is 1.91. The molecule has 0 bridgehead atoms. The lowest BCUT2D eigenvalue weighted by Crippen LogP contribution is -2.38. The summed E-state index contributed by atoms with van der Waals surface area (Å²) < 4.78 is 13.3. The molecule has 0 spiro atoms. The molecule has 7 heteroatoms. The molecule has 0 aliphatic heterocycles. The SMILES string of the molecule is N=C(NC(N)=O)Nc1ccc(F)cc1I. The van der Waals surface area contributed by atoms with E-state index in [4.69, 9.17) is 11.1 Å². The fraction of sp³-hybridized carbons (Fsp3) is 0. The van der Waals surface area contributed by atoms with Gasteiger partial charge in [-0.15, -0.1) is 0 Å². The van der Waals surface area contributed by atoms with E-state index >= 15 is 0 Å². The van der Waals surface area contributed by atoms with Crippen LogP contribution in [-0.2, 0) is 0 Å². The van der Waals surface area contributed by atoms with Crippen LogP contribution >= 0.6 is 22.6 Å². The maximum absolute atomic E-state index is 12.7. The van der Waals surface area contributed by atoms with E-state index in [2.05, 4.69) is 5.32 Å². The summed E-state index contributed by atoms with van der Waals surface area (Å²) in [4.78, 5) is 10.4. The van der Waals surface area contributed by atoms with Crippen molar-refractivity contribution in [3.8, 4) is 0 Å². The molecule has 0 saturated carbocycles. The second kappa shape index (κ2) is 4.91. The van der Waals surface area contributed by atoms with Crippen molar-refractivity contribution in [2.75, 3.05) is 5.32 Å². The number of rotatable bonds is 1. The van der Waals surface area contributed by atoms with Gasteiger partial charge in [-0.1, -0.05) is 0 Å². The second-order valence-electron chi connectivity index (χ2n) is 2.61. The molecule has 1 rings (SSSR count). The van der Waals surface area contributed by atoms with Crippen LogP contribution in [0.5, 0.6) is 0 Å². The number of primary amides is 1. The highest BCUT2D eigenvalue weighted by atomic mass is 127. The number of anilines is 1. The average Bonchev–Trinajstić information content (AvgIpc) is 2.08. The first-order valence-corrected chi connectivity index (χ1v) is 4.94. The van der Waals surface area contributed by atoms with Crippen LogP contribution in [0.2, 0.25) is 0 Å². The van der Waals surface area contributed by atoms with Crippen molar-refractivity contribution in [2.45, 2.75) is 0 Å². The van der Waals surface area contributed by atoms with Crippen LogP contribution in [0.15, 0.2) is 18.2 Å². The predicted molar refractivity (Wildman–Crippen MR) is 63.2 cm³/mol. The number of hydrogen-bond donors (Lipinski definition) is 4. The number of nitrogens with one attached hydrogen (secondary N) is 3. The van der Waals surface area contributed by atoms with Crippen LogP contribution in [0.25, 0.3) is 0 Å². The topological polar surface area (TPSA) is 91.0 Å². The number of urea groups is 1. The van der Waals surface area contributed by atoms with Crippen LogP contribution in [0.1, 0.15) is 0 Å². The van der Waals surface area contributed by atoms with Crippen LogP contribution in [0.3, 0.4) is 0 Å². The molecular weight excluding hydrogens is 314 g/mol. The number of hydrogen-bond acceptors (Lipinski definition) is 2. The van der Waals surface area contributed by atoms with Gasteiger partial charge in [0.05, 0.1) is 5.69 Å². The Kier molecular flexibility index (Phi) is 3.83. The second-order valence-corrected chi connectivity index (χ2v) is 3.78. The summed E-state index contributed by atoms with van der Waals surface area (Å²) in [5.41, 5.74) is 5.34. The van der Waals surface area contributed by atoms with Crippen LogP contribution in [0.4, 0.5) is 14.9 Å². The van der Waals surface area contributed by atoms with E-state index in [0.717, 1.165) is 0 Å². The van der Waals surface area contributed by atoms with Gasteiger partial charge in [-0.3, -0.25) is 10.7 Å². The lowest BCUT2D eigenvalue weighted by molar-refractivity contribution is 0.253. The Morgan fingerprint density at radius 2 is 2.20 bits per heavy atom. The highest BCUT2D eigenvalue weighted by molar-refractivity contribution is 14.1. The quantitative estimate of drug-likeness (QED) is 0.358. The van der Waals surface area contributed by atoms with Crippen LogP contribution < -0.4 is 16.4 Å². The Balaban J connectivity index is 2.72. The monoisotopic (exact) mass is 322 g/mol. The Morgan fingerprint density at radius 3 is 2.73 bits per heavy atom. The van der Waals surface area contributed by atoms with Gasteiger partial charge < -0.3 is 11.1 Å². The van der Waals surface area contributed by atoms with Crippen LogP contribution in [-0.4, -0.2) is 12.0 Å². The van der Waals surface area contributed by atoms with Gasteiger partial charge in [0.1, 0.15) is 5.82 Å². The van der Waals surface area contributed by atoms with Gasteiger partial charge in [-0.2, -0.15) is 0 Å². The Morgan fingerprint density at radius 1 is 1.53 bits per heavy atom. The van der Waals surface area contributed by atoms with Crippen molar-refractivity contribution in [1.29, 1.82) is 5.41 Å². The molecule has 5 N–H and O–H groups in total. The molecule has 1 aromatic rings. The van der Waals surface area contributed by atoms with E-state index in [1.807, 2.05) is 27.9 Å².